The summed E-state index contributed by atoms with van der Waals surface area (Å²) in [6.45, 7) is 6.96. The van der Waals surface area contributed by atoms with E-state index in [1.54, 1.807) is 0 Å². The molecule has 2 saturated heterocycles. The summed E-state index contributed by atoms with van der Waals surface area (Å²) >= 11 is 0. The van der Waals surface area contributed by atoms with Gasteiger partial charge in [0.2, 0.25) is 0 Å². The lowest BCUT2D eigenvalue weighted by Gasteiger charge is -2.37. The zero-order valence-corrected chi connectivity index (χ0v) is 12.9. The van der Waals surface area contributed by atoms with E-state index in [2.05, 4.69) is 10.4 Å². The molecule has 116 valence electrons. The number of likely N-dealkylation sites (tertiary alicyclic amines) is 1. The Morgan fingerprint density at radius 3 is 2.52 bits per heavy atom. The van der Waals surface area contributed by atoms with E-state index in [1.807, 2.05) is 28.8 Å². The average molecular weight is 290 g/mol. The van der Waals surface area contributed by atoms with Crippen molar-refractivity contribution in [1.82, 2.24) is 20.0 Å². The van der Waals surface area contributed by atoms with Crippen LogP contribution in [-0.2, 0) is 6.54 Å². The first-order valence-corrected chi connectivity index (χ1v) is 8.31. The molecule has 21 heavy (non-hydrogen) atoms. The molecule has 0 bridgehead atoms. The van der Waals surface area contributed by atoms with Crippen LogP contribution in [0.4, 0.5) is 0 Å². The van der Waals surface area contributed by atoms with E-state index in [-0.39, 0.29) is 5.91 Å². The van der Waals surface area contributed by atoms with Crippen molar-refractivity contribution >= 4 is 5.91 Å². The molecule has 3 rings (SSSR count). The van der Waals surface area contributed by atoms with Crippen LogP contribution < -0.4 is 5.32 Å². The van der Waals surface area contributed by atoms with Crippen LogP contribution in [-0.4, -0.2) is 46.8 Å². The van der Waals surface area contributed by atoms with Gasteiger partial charge in [0.15, 0.2) is 0 Å². The normalized spacial score (nSPS) is 21.7. The van der Waals surface area contributed by atoms with Crippen LogP contribution in [0.3, 0.4) is 0 Å². The Hall–Kier alpha value is -1.36. The predicted molar refractivity (Wildman–Crippen MR) is 82.1 cm³/mol. The number of rotatable bonds is 3. The second-order valence-electron chi connectivity index (χ2n) is 6.27. The average Bonchev–Trinajstić information content (AvgIpc) is 3.04. The molecule has 0 aliphatic carbocycles. The third-order valence-electron chi connectivity index (χ3n) is 5.06. The van der Waals surface area contributed by atoms with E-state index in [1.165, 1.54) is 12.8 Å². The number of carbonyl (C=O) groups is 1. The highest BCUT2D eigenvalue weighted by Gasteiger charge is 2.30. The highest BCUT2D eigenvalue weighted by molar-refractivity contribution is 5.92. The number of aryl methyl sites for hydroxylation is 1. The van der Waals surface area contributed by atoms with Crippen LogP contribution in [0.1, 0.15) is 43.1 Å². The summed E-state index contributed by atoms with van der Waals surface area (Å²) in [7, 11) is 0. The minimum atomic E-state index is 0.103. The lowest BCUT2D eigenvalue weighted by Crippen LogP contribution is -2.42. The van der Waals surface area contributed by atoms with Gasteiger partial charge in [-0.1, -0.05) is 0 Å². The summed E-state index contributed by atoms with van der Waals surface area (Å²) in [5.74, 6) is 1.78. The summed E-state index contributed by atoms with van der Waals surface area (Å²) in [6, 6.07) is 1.84. The van der Waals surface area contributed by atoms with Gasteiger partial charge in [0.1, 0.15) is 5.69 Å². The van der Waals surface area contributed by atoms with Crippen LogP contribution in [0.15, 0.2) is 12.3 Å². The minimum Gasteiger partial charge on any atom is -0.337 e. The molecular weight excluding hydrogens is 264 g/mol. The molecule has 5 heteroatoms. The van der Waals surface area contributed by atoms with Crippen LogP contribution in [0.5, 0.6) is 0 Å². The van der Waals surface area contributed by atoms with Gasteiger partial charge in [-0.2, -0.15) is 5.10 Å². The molecule has 0 spiro atoms. The largest absolute Gasteiger partial charge is 0.337 e. The molecule has 2 fully saturated rings. The number of amides is 1. The van der Waals surface area contributed by atoms with E-state index in [0.717, 1.165) is 57.4 Å². The zero-order chi connectivity index (χ0) is 14.7. The van der Waals surface area contributed by atoms with Crippen molar-refractivity contribution in [1.29, 1.82) is 0 Å². The van der Waals surface area contributed by atoms with Gasteiger partial charge in [-0.3, -0.25) is 9.48 Å². The summed E-state index contributed by atoms with van der Waals surface area (Å²) in [5, 5.41) is 7.76. The Morgan fingerprint density at radius 2 is 1.90 bits per heavy atom. The summed E-state index contributed by atoms with van der Waals surface area (Å²) in [5.41, 5.74) is 0.595. The zero-order valence-electron chi connectivity index (χ0n) is 12.9. The molecule has 2 aliphatic heterocycles. The number of hydrogen-bond donors (Lipinski definition) is 1. The van der Waals surface area contributed by atoms with Crippen LogP contribution in [0.2, 0.25) is 0 Å². The number of nitrogens with zero attached hydrogens (tertiary/aromatic N) is 3. The molecule has 1 aromatic rings. The van der Waals surface area contributed by atoms with E-state index < -0.39 is 0 Å². The second kappa shape index (κ2) is 6.60. The Morgan fingerprint density at radius 1 is 1.24 bits per heavy atom. The van der Waals surface area contributed by atoms with E-state index in [9.17, 15) is 4.79 Å². The maximum atomic E-state index is 12.5. The first-order chi connectivity index (χ1) is 10.3. The molecule has 5 nitrogen and oxygen atoms in total. The number of carbonyl (C=O) groups excluding carboxylic acids is 1. The molecule has 0 saturated carbocycles. The van der Waals surface area contributed by atoms with Crippen molar-refractivity contribution < 1.29 is 4.79 Å². The van der Waals surface area contributed by atoms with Crippen molar-refractivity contribution in [3.63, 3.8) is 0 Å². The molecule has 0 aromatic carbocycles. The Balaban J connectivity index is 1.53. The highest BCUT2D eigenvalue weighted by Crippen LogP contribution is 2.31. The molecule has 1 N–H and O–H groups in total. The van der Waals surface area contributed by atoms with Gasteiger partial charge in [-0.05, 0) is 63.6 Å². The van der Waals surface area contributed by atoms with Gasteiger partial charge in [-0.15, -0.1) is 0 Å². The summed E-state index contributed by atoms with van der Waals surface area (Å²) < 4.78 is 1.81. The number of piperidine rings is 2. The fraction of sp³-hybridized carbons (Fsp3) is 0.750. The van der Waals surface area contributed by atoms with Gasteiger partial charge in [0, 0.05) is 25.8 Å². The number of hydrogen-bond acceptors (Lipinski definition) is 3. The lowest BCUT2D eigenvalue weighted by atomic mass is 9.79. The smallest absolute Gasteiger partial charge is 0.274 e. The highest BCUT2D eigenvalue weighted by atomic mass is 16.2. The van der Waals surface area contributed by atoms with Crippen molar-refractivity contribution in [3.8, 4) is 0 Å². The Labute approximate surface area is 126 Å². The third-order valence-corrected chi connectivity index (χ3v) is 5.06. The monoisotopic (exact) mass is 290 g/mol. The molecule has 0 unspecified atom stereocenters. The van der Waals surface area contributed by atoms with Crippen LogP contribution >= 0.6 is 0 Å². The minimum absolute atomic E-state index is 0.103. The number of nitrogens with one attached hydrogen (secondary N) is 1. The fourth-order valence-electron chi connectivity index (χ4n) is 3.70. The SMILES string of the molecule is CCn1ccc(C(=O)N2CCC(C3CCNCC3)CC2)n1. The first kappa shape index (κ1) is 14.6. The topological polar surface area (TPSA) is 50.2 Å². The van der Waals surface area contributed by atoms with Gasteiger partial charge >= 0.3 is 0 Å². The lowest BCUT2D eigenvalue weighted by molar-refractivity contribution is 0.0635. The summed E-state index contributed by atoms with van der Waals surface area (Å²) in [4.78, 5) is 14.4. The maximum Gasteiger partial charge on any atom is 0.274 e. The standard InChI is InChI=1S/C16H26N4O/c1-2-20-12-7-15(18-20)16(21)19-10-5-14(6-11-19)13-3-8-17-9-4-13/h7,12-14,17H,2-6,8-11H2,1H3. The van der Waals surface area contributed by atoms with Gasteiger partial charge in [-0.25, -0.2) is 0 Å². The van der Waals surface area contributed by atoms with E-state index >= 15 is 0 Å². The van der Waals surface area contributed by atoms with Crippen molar-refractivity contribution in [3.05, 3.63) is 18.0 Å². The van der Waals surface area contributed by atoms with Crippen molar-refractivity contribution in [2.45, 2.75) is 39.2 Å². The Kier molecular flexibility index (Phi) is 4.58. The Bertz CT molecular complexity index is 470. The summed E-state index contributed by atoms with van der Waals surface area (Å²) in [6.07, 6.45) is 6.81. The van der Waals surface area contributed by atoms with Gasteiger partial charge in [0.05, 0.1) is 0 Å². The number of aromatic nitrogens is 2. The molecule has 3 heterocycles. The van der Waals surface area contributed by atoms with Gasteiger partial charge in [0.25, 0.3) is 5.91 Å². The van der Waals surface area contributed by atoms with Gasteiger partial charge < -0.3 is 10.2 Å². The first-order valence-electron chi connectivity index (χ1n) is 8.31. The molecular formula is C16H26N4O. The molecule has 0 atom stereocenters. The molecule has 0 radical (unpaired) electrons. The van der Waals surface area contributed by atoms with E-state index in [0.29, 0.717) is 5.69 Å². The third kappa shape index (κ3) is 3.28. The van der Waals surface area contributed by atoms with Crippen molar-refractivity contribution in [2.75, 3.05) is 26.2 Å². The quantitative estimate of drug-likeness (QED) is 0.923. The van der Waals surface area contributed by atoms with Crippen LogP contribution in [0.25, 0.3) is 0 Å². The molecule has 1 amide bonds. The van der Waals surface area contributed by atoms with E-state index in [4.69, 9.17) is 0 Å². The van der Waals surface area contributed by atoms with Crippen molar-refractivity contribution in [2.24, 2.45) is 11.8 Å². The fourth-order valence-corrected chi connectivity index (χ4v) is 3.70. The van der Waals surface area contributed by atoms with Crippen LogP contribution in [0, 0.1) is 11.8 Å². The maximum absolute atomic E-state index is 12.5. The molecule has 2 aliphatic rings. The second-order valence-corrected chi connectivity index (χ2v) is 6.27. The predicted octanol–water partition coefficient (Wildman–Crippen LogP) is 1.75. The molecule has 1 aromatic heterocycles.